The number of hydrazine groups is 1. The summed E-state index contributed by atoms with van der Waals surface area (Å²) in [6.07, 6.45) is -4.71. The van der Waals surface area contributed by atoms with Crippen molar-refractivity contribution in [1.82, 2.24) is 15.6 Å². The van der Waals surface area contributed by atoms with E-state index in [-0.39, 0.29) is 5.82 Å². The van der Waals surface area contributed by atoms with Crippen LogP contribution < -0.4 is 10.9 Å². The van der Waals surface area contributed by atoms with Crippen LogP contribution in [0.3, 0.4) is 0 Å². The SMILES string of the molecule is O=C(NNc1ccc2ccccc2c1)c1ccc(-c2noc(C(F)(F)F)n2)cc1. The Bertz CT molecular complexity index is 1170. The summed E-state index contributed by atoms with van der Waals surface area (Å²) in [4.78, 5) is 15.6. The highest BCUT2D eigenvalue weighted by atomic mass is 19.4. The van der Waals surface area contributed by atoms with Crippen molar-refractivity contribution in [3.63, 3.8) is 0 Å². The van der Waals surface area contributed by atoms with Gasteiger partial charge in [-0.05, 0) is 35.0 Å². The molecule has 9 heteroatoms. The fourth-order valence-electron chi connectivity index (χ4n) is 2.69. The van der Waals surface area contributed by atoms with Crippen molar-refractivity contribution in [1.29, 1.82) is 0 Å². The molecule has 0 atom stereocenters. The van der Waals surface area contributed by atoms with E-state index < -0.39 is 18.0 Å². The van der Waals surface area contributed by atoms with Crippen molar-refractivity contribution in [3.8, 4) is 11.4 Å². The summed E-state index contributed by atoms with van der Waals surface area (Å²) in [6, 6.07) is 19.3. The molecule has 6 nitrogen and oxygen atoms in total. The number of aromatic nitrogens is 2. The first-order chi connectivity index (χ1) is 13.9. The third-order valence-electron chi connectivity index (χ3n) is 4.14. The zero-order valence-corrected chi connectivity index (χ0v) is 14.7. The van der Waals surface area contributed by atoms with Gasteiger partial charge in [0.05, 0.1) is 5.69 Å². The summed E-state index contributed by atoms with van der Waals surface area (Å²) in [5.41, 5.74) is 6.72. The van der Waals surface area contributed by atoms with Crippen LogP contribution in [0.15, 0.2) is 71.3 Å². The van der Waals surface area contributed by atoms with Crippen molar-refractivity contribution in [2.24, 2.45) is 0 Å². The highest BCUT2D eigenvalue weighted by molar-refractivity contribution is 5.95. The Morgan fingerprint density at radius 1 is 0.931 bits per heavy atom. The molecule has 1 aromatic heterocycles. The number of hydrogen-bond acceptors (Lipinski definition) is 5. The number of benzene rings is 3. The van der Waals surface area contributed by atoms with E-state index in [1.165, 1.54) is 24.3 Å². The van der Waals surface area contributed by atoms with Crippen LogP contribution in [-0.2, 0) is 6.18 Å². The molecule has 4 aromatic rings. The molecule has 3 aromatic carbocycles. The molecule has 0 bridgehead atoms. The van der Waals surface area contributed by atoms with E-state index in [9.17, 15) is 18.0 Å². The Morgan fingerprint density at radius 2 is 1.66 bits per heavy atom. The quantitative estimate of drug-likeness (QED) is 0.489. The molecule has 0 radical (unpaired) electrons. The summed E-state index contributed by atoms with van der Waals surface area (Å²) in [5.74, 6) is -2.04. The maximum absolute atomic E-state index is 12.5. The van der Waals surface area contributed by atoms with Crippen LogP contribution in [0.1, 0.15) is 16.2 Å². The first-order valence-electron chi connectivity index (χ1n) is 8.47. The van der Waals surface area contributed by atoms with E-state index in [2.05, 4.69) is 25.5 Å². The fourth-order valence-corrected chi connectivity index (χ4v) is 2.69. The van der Waals surface area contributed by atoms with E-state index in [0.29, 0.717) is 16.8 Å². The average molecular weight is 398 g/mol. The minimum atomic E-state index is -4.71. The first-order valence-corrected chi connectivity index (χ1v) is 8.47. The molecular weight excluding hydrogens is 385 g/mol. The van der Waals surface area contributed by atoms with Crippen LogP contribution in [0.2, 0.25) is 0 Å². The van der Waals surface area contributed by atoms with Crippen LogP contribution in [-0.4, -0.2) is 16.0 Å². The topological polar surface area (TPSA) is 80.0 Å². The molecular formula is C20H13F3N4O2. The van der Waals surface area contributed by atoms with E-state index in [1.54, 1.807) is 0 Å². The van der Waals surface area contributed by atoms with Gasteiger partial charge in [-0.3, -0.25) is 15.6 Å². The molecule has 146 valence electrons. The Kier molecular flexibility index (Phi) is 4.63. The van der Waals surface area contributed by atoms with Gasteiger partial charge in [0.15, 0.2) is 0 Å². The number of nitrogens with zero attached hydrogens (tertiary/aromatic N) is 2. The standard InChI is InChI=1S/C20H13F3N4O2/c21-20(22,23)19-24-17(27-29-19)13-5-7-14(8-6-13)18(28)26-25-16-10-9-12-3-1-2-4-15(12)11-16/h1-11,25H,(H,26,28). The van der Waals surface area contributed by atoms with Gasteiger partial charge in [0, 0.05) is 11.1 Å². The summed E-state index contributed by atoms with van der Waals surface area (Å²) < 4.78 is 41.8. The summed E-state index contributed by atoms with van der Waals surface area (Å²) >= 11 is 0. The summed E-state index contributed by atoms with van der Waals surface area (Å²) in [7, 11) is 0. The lowest BCUT2D eigenvalue weighted by Gasteiger charge is -2.09. The van der Waals surface area contributed by atoms with Gasteiger partial charge in [0.1, 0.15) is 0 Å². The van der Waals surface area contributed by atoms with Crippen LogP contribution in [0.25, 0.3) is 22.2 Å². The van der Waals surface area contributed by atoms with Gasteiger partial charge in [-0.1, -0.05) is 47.6 Å². The number of amides is 1. The van der Waals surface area contributed by atoms with Crippen molar-refractivity contribution in [2.45, 2.75) is 6.18 Å². The van der Waals surface area contributed by atoms with Gasteiger partial charge in [0.25, 0.3) is 5.91 Å². The molecule has 4 rings (SSSR count). The monoisotopic (exact) mass is 398 g/mol. The molecule has 0 spiro atoms. The fraction of sp³-hybridized carbons (Fsp3) is 0.0500. The van der Waals surface area contributed by atoms with E-state index in [0.717, 1.165) is 10.8 Å². The second kappa shape index (κ2) is 7.27. The Morgan fingerprint density at radius 3 is 2.34 bits per heavy atom. The molecule has 1 heterocycles. The minimum Gasteiger partial charge on any atom is -0.329 e. The smallest absolute Gasteiger partial charge is 0.329 e. The number of nitrogens with one attached hydrogen (secondary N) is 2. The van der Waals surface area contributed by atoms with Crippen LogP contribution in [0, 0.1) is 0 Å². The number of fused-ring (bicyclic) bond motifs is 1. The van der Waals surface area contributed by atoms with E-state index in [1.807, 2.05) is 42.5 Å². The molecule has 2 N–H and O–H groups in total. The second-order valence-corrected chi connectivity index (χ2v) is 6.14. The van der Waals surface area contributed by atoms with Crippen LogP contribution >= 0.6 is 0 Å². The van der Waals surface area contributed by atoms with Gasteiger partial charge in [0.2, 0.25) is 5.82 Å². The van der Waals surface area contributed by atoms with E-state index in [4.69, 9.17) is 0 Å². The van der Waals surface area contributed by atoms with Gasteiger partial charge in [-0.2, -0.15) is 18.2 Å². The number of carbonyl (C=O) groups is 1. The molecule has 0 aliphatic carbocycles. The lowest BCUT2D eigenvalue weighted by molar-refractivity contribution is -0.159. The van der Waals surface area contributed by atoms with Crippen molar-refractivity contribution < 1.29 is 22.5 Å². The lowest BCUT2D eigenvalue weighted by atomic mass is 10.1. The first kappa shape index (κ1) is 18.5. The Balaban J connectivity index is 1.43. The van der Waals surface area contributed by atoms with Crippen LogP contribution in [0.5, 0.6) is 0 Å². The molecule has 0 fully saturated rings. The summed E-state index contributed by atoms with van der Waals surface area (Å²) in [6.45, 7) is 0. The van der Waals surface area contributed by atoms with Gasteiger partial charge < -0.3 is 4.52 Å². The maximum atomic E-state index is 12.5. The van der Waals surface area contributed by atoms with Crippen molar-refractivity contribution >= 4 is 22.4 Å². The summed E-state index contributed by atoms with van der Waals surface area (Å²) in [5, 5.41) is 5.41. The minimum absolute atomic E-state index is 0.210. The molecule has 0 saturated heterocycles. The van der Waals surface area contributed by atoms with E-state index >= 15 is 0 Å². The lowest BCUT2D eigenvalue weighted by Crippen LogP contribution is -2.29. The predicted octanol–water partition coefficient (Wildman–Crippen LogP) is 4.67. The number of carbonyl (C=O) groups excluding carboxylic acids is 1. The number of rotatable bonds is 4. The Labute approximate surface area is 162 Å². The number of halogens is 3. The highest BCUT2D eigenvalue weighted by Gasteiger charge is 2.38. The third-order valence-corrected chi connectivity index (χ3v) is 4.14. The molecule has 1 amide bonds. The third kappa shape index (κ3) is 4.03. The molecule has 0 unspecified atom stereocenters. The van der Waals surface area contributed by atoms with Gasteiger partial charge in [-0.25, -0.2) is 0 Å². The molecule has 29 heavy (non-hydrogen) atoms. The molecule has 0 saturated carbocycles. The second-order valence-electron chi connectivity index (χ2n) is 6.14. The molecule has 0 aliphatic heterocycles. The Hall–Kier alpha value is -3.88. The zero-order valence-electron chi connectivity index (χ0n) is 14.7. The normalized spacial score (nSPS) is 11.4. The number of alkyl halides is 3. The maximum Gasteiger partial charge on any atom is 0.471 e. The van der Waals surface area contributed by atoms with Gasteiger partial charge in [-0.15, -0.1) is 0 Å². The highest BCUT2D eigenvalue weighted by Crippen LogP contribution is 2.29. The van der Waals surface area contributed by atoms with Gasteiger partial charge >= 0.3 is 12.1 Å². The van der Waals surface area contributed by atoms with Crippen molar-refractivity contribution in [3.05, 3.63) is 78.2 Å². The largest absolute Gasteiger partial charge is 0.471 e. The number of hydrogen-bond donors (Lipinski definition) is 2. The zero-order chi connectivity index (χ0) is 20.4. The average Bonchev–Trinajstić information content (AvgIpc) is 3.23. The van der Waals surface area contributed by atoms with Crippen LogP contribution in [0.4, 0.5) is 18.9 Å². The predicted molar refractivity (Wildman–Crippen MR) is 99.8 cm³/mol. The number of anilines is 1. The molecule has 0 aliphatic rings. The van der Waals surface area contributed by atoms with Crippen molar-refractivity contribution in [2.75, 3.05) is 5.43 Å².